The third kappa shape index (κ3) is 1.41. The second-order valence-electron chi connectivity index (χ2n) is 2.16. The van der Waals surface area contributed by atoms with E-state index in [1.807, 2.05) is 0 Å². The standard InChI is InChI=1S/C7H4N4O2/c12-4-6-10-7(11-13-6)5-3-8-1-2-9-5/h1-4H. The maximum absolute atomic E-state index is 10.2. The first-order valence-electron chi connectivity index (χ1n) is 3.45. The van der Waals surface area contributed by atoms with Gasteiger partial charge in [0.2, 0.25) is 12.1 Å². The van der Waals surface area contributed by atoms with Crippen LogP contribution in [0.25, 0.3) is 11.5 Å². The lowest BCUT2D eigenvalue weighted by Crippen LogP contribution is -1.86. The van der Waals surface area contributed by atoms with Gasteiger partial charge in [-0.2, -0.15) is 4.98 Å². The fourth-order valence-electron chi connectivity index (χ4n) is 0.802. The van der Waals surface area contributed by atoms with Gasteiger partial charge in [-0.25, -0.2) is 4.98 Å². The molecule has 0 amide bonds. The molecule has 0 aliphatic carbocycles. The molecule has 2 rings (SSSR count). The largest absolute Gasteiger partial charge is 0.331 e. The lowest BCUT2D eigenvalue weighted by atomic mass is 10.4. The van der Waals surface area contributed by atoms with Crippen LogP contribution in [0.15, 0.2) is 23.1 Å². The zero-order valence-corrected chi connectivity index (χ0v) is 6.41. The summed E-state index contributed by atoms with van der Waals surface area (Å²) in [5, 5.41) is 3.54. The van der Waals surface area contributed by atoms with Crippen molar-refractivity contribution < 1.29 is 9.32 Å². The van der Waals surface area contributed by atoms with Crippen LogP contribution >= 0.6 is 0 Å². The Hall–Kier alpha value is -2.11. The molecule has 64 valence electrons. The second kappa shape index (κ2) is 3.10. The molecule has 2 aromatic rings. The summed E-state index contributed by atoms with van der Waals surface area (Å²) in [4.78, 5) is 21.7. The predicted molar refractivity (Wildman–Crippen MR) is 40.7 cm³/mol. The lowest BCUT2D eigenvalue weighted by Gasteiger charge is -1.87. The van der Waals surface area contributed by atoms with Crippen molar-refractivity contribution in [2.45, 2.75) is 0 Å². The number of carbonyl (C=O) groups is 1. The molecule has 0 aromatic carbocycles. The minimum absolute atomic E-state index is 0.0688. The van der Waals surface area contributed by atoms with Crippen LogP contribution in [0.5, 0.6) is 0 Å². The maximum atomic E-state index is 10.2. The molecule has 6 nitrogen and oxygen atoms in total. The summed E-state index contributed by atoms with van der Waals surface area (Å²) < 4.78 is 4.57. The zero-order chi connectivity index (χ0) is 9.10. The summed E-state index contributed by atoms with van der Waals surface area (Å²) in [6.45, 7) is 0. The molecular formula is C7H4N4O2. The molecule has 0 aliphatic rings. The highest BCUT2D eigenvalue weighted by Gasteiger charge is 2.07. The molecule has 0 aliphatic heterocycles. The van der Waals surface area contributed by atoms with Crippen molar-refractivity contribution in [3.63, 3.8) is 0 Å². The van der Waals surface area contributed by atoms with Crippen LogP contribution in [0.4, 0.5) is 0 Å². The molecule has 0 saturated heterocycles. The molecule has 2 aromatic heterocycles. The Balaban J connectivity index is 2.41. The van der Waals surface area contributed by atoms with E-state index < -0.39 is 0 Å². The average Bonchev–Trinajstić information content (AvgIpc) is 2.67. The van der Waals surface area contributed by atoms with Gasteiger partial charge in [0.25, 0.3) is 5.89 Å². The highest BCUT2D eigenvalue weighted by molar-refractivity contribution is 5.68. The number of aldehydes is 1. The van der Waals surface area contributed by atoms with Gasteiger partial charge >= 0.3 is 0 Å². The van der Waals surface area contributed by atoms with Crippen molar-refractivity contribution >= 4 is 6.29 Å². The van der Waals surface area contributed by atoms with Gasteiger partial charge in [0.15, 0.2) is 0 Å². The van der Waals surface area contributed by atoms with Crippen LogP contribution in [-0.2, 0) is 0 Å². The Morgan fingerprint density at radius 3 is 2.92 bits per heavy atom. The molecule has 13 heavy (non-hydrogen) atoms. The predicted octanol–water partition coefficient (Wildman–Crippen LogP) is 0.339. The number of hydrogen-bond donors (Lipinski definition) is 0. The van der Waals surface area contributed by atoms with Crippen molar-refractivity contribution in [2.24, 2.45) is 0 Å². The number of aromatic nitrogens is 4. The Kier molecular flexibility index (Phi) is 1.79. The first-order valence-corrected chi connectivity index (χ1v) is 3.45. The molecule has 0 atom stereocenters. The fraction of sp³-hybridized carbons (Fsp3) is 0. The van der Waals surface area contributed by atoms with Gasteiger partial charge in [-0.3, -0.25) is 9.78 Å². The Morgan fingerprint density at radius 1 is 1.38 bits per heavy atom. The van der Waals surface area contributed by atoms with E-state index >= 15 is 0 Å². The molecule has 2 heterocycles. The number of rotatable bonds is 2. The quantitative estimate of drug-likeness (QED) is 0.613. The molecule has 0 spiro atoms. The van der Waals surface area contributed by atoms with E-state index in [-0.39, 0.29) is 11.7 Å². The van der Waals surface area contributed by atoms with E-state index in [2.05, 4.69) is 24.6 Å². The third-order valence-electron chi connectivity index (χ3n) is 1.33. The number of hydrogen-bond acceptors (Lipinski definition) is 6. The summed E-state index contributed by atoms with van der Waals surface area (Å²) in [5.41, 5.74) is 0.472. The highest BCUT2D eigenvalue weighted by Crippen LogP contribution is 2.09. The zero-order valence-electron chi connectivity index (χ0n) is 6.41. The second-order valence-corrected chi connectivity index (χ2v) is 2.16. The highest BCUT2D eigenvalue weighted by atomic mass is 16.5. The molecule has 0 fully saturated rings. The molecule has 0 saturated carbocycles. The van der Waals surface area contributed by atoms with Gasteiger partial charge in [-0.05, 0) is 0 Å². The minimum atomic E-state index is -0.0688. The summed E-state index contributed by atoms with van der Waals surface area (Å²) >= 11 is 0. The van der Waals surface area contributed by atoms with Crippen LogP contribution in [0.2, 0.25) is 0 Å². The van der Waals surface area contributed by atoms with E-state index in [0.717, 1.165) is 0 Å². The van der Waals surface area contributed by atoms with E-state index in [1.54, 1.807) is 0 Å². The topological polar surface area (TPSA) is 81.8 Å². The van der Waals surface area contributed by atoms with Crippen molar-refractivity contribution in [1.29, 1.82) is 0 Å². The summed E-state index contributed by atoms with van der Waals surface area (Å²) in [6, 6.07) is 0. The first kappa shape index (κ1) is 7.53. The smallest absolute Gasteiger partial charge is 0.291 e. The Labute approximate surface area is 72.6 Å². The van der Waals surface area contributed by atoms with Crippen LogP contribution in [-0.4, -0.2) is 26.4 Å². The fourth-order valence-corrected chi connectivity index (χ4v) is 0.802. The maximum Gasteiger partial charge on any atom is 0.291 e. The summed E-state index contributed by atoms with van der Waals surface area (Å²) in [5.74, 6) is 0.191. The van der Waals surface area contributed by atoms with Crippen molar-refractivity contribution in [3.8, 4) is 11.5 Å². The Morgan fingerprint density at radius 2 is 2.31 bits per heavy atom. The summed E-state index contributed by atoms with van der Waals surface area (Å²) in [7, 11) is 0. The third-order valence-corrected chi connectivity index (χ3v) is 1.33. The molecule has 0 bridgehead atoms. The van der Waals surface area contributed by atoms with Crippen molar-refractivity contribution in [2.75, 3.05) is 0 Å². The van der Waals surface area contributed by atoms with E-state index in [9.17, 15) is 4.79 Å². The van der Waals surface area contributed by atoms with Gasteiger partial charge < -0.3 is 4.52 Å². The minimum Gasteiger partial charge on any atom is -0.331 e. The summed E-state index contributed by atoms with van der Waals surface area (Å²) in [6.07, 6.45) is 5.00. The van der Waals surface area contributed by atoms with Gasteiger partial charge in [0, 0.05) is 12.4 Å². The van der Waals surface area contributed by atoms with Crippen LogP contribution in [0.3, 0.4) is 0 Å². The van der Waals surface area contributed by atoms with E-state index in [4.69, 9.17) is 0 Å². The first-order chi connectivity index (χ1) is 6.40. The van der Waals surface area contributed by atoms with E-state index in [0.29, 0.717) is 12.0 Å². The van der Waals surface area contributed by atoms with E-state index in [1.165, 1.54) is 18.6 Å². The molecule has 0 radical (unpaired) electrons. The lowest BCUT2D eigenvalue weighted by molar-refractivity contribution is 0.108. The van der Waals surface area contributed by atoms with Crippen LogP contribution in [0.1, 0.15) is 10.7 Å². The average molecular weight is 176 g/mol. The van der Waals surface area contributed by atoms with Crippen molar-refractivity contribution in [1.82, 2.24) is 20.1 Å². The molecule has 0 N–H and O–H groups in total. The normalized spacial score (nSPS) is 9.85. The van der Waals surface area contributed by atoms with Gasteiger partial charge in [-0.1, -0.05) is 5.16 Å². The van der Waals surface area contributed by atoms with Crippen LogP contribution < -0.4 is 0 Å². The van der Waals surface area contributed by atoms with Crippen LogP contribution in [0, 0.1) is 0 Å². The number of nitrogens with zero attached hydrogens (tertiary/aromatic N) is 4. The molecular weight excluding hydrogens is 172 g/mol. The Bertz CT molecular complexity index is 411. The number of carbonyl (C=O) groups excluding carboxylic acids is 1. The van der Waals surface area contributed by atoms with Gasteiger partial charge in [-0.15, -0.1) is 0 Å². The monoisotopic (exact) mass is 176 g/mol. The van der Waals surface area contributed by atoms with Gasteiger partial charge in [0.05, 0.1) is 6.20 Å². The van der Waals surface area contributed by atoms with Gasteiger partial charge in [0.1, 0.15) is 5.69 Å². The SMILES string of the molecule is O=Cc1nc(-c2cnccn2)no1. The molecule has 0 unspecified atom stereocenters. The van der Waals surface area contributed by atoms with Crippen molar-refractivity contribution in [3.05, 3.63) is 24.5 Å². The molecule has 6 heteroatoms.